The van der Waals surface area contributed by atoms with Crippen molar-refractivity contribution in [1.29, 1.82) is 0 Å². The highest BCUT2D eigenvalue weighted by atomic mass is 16.5. The lowest BCUT2D eigenvalue weighted by molar-refractivity contribution is 0.112. The summed E-state index contributed by atoms with van der Waals surface area (Å²) in [5.41, 5.74) is 1.68. The molecule has 3 aromatic rings. The molecule has 3 rings (SSSR count). The van der Waals surface area contributed by atoms with Crippen LogP contribution in [-0.2, 0) is 0 Å². The predicted octanol–water partition coefficient (Wildman–Crippen LogP) is 4.36. The Balaban J connectivity index is 0.000000188. The van der Waals surface area contributed by atoms with Gasteiger partial charge in [0.25, 0.3) is 0 Å². The normalized spacial score (nSPS) is 9.73. The molecule has 0 fully saturated rings. The Labute approximate surface area is 129 Å². The van der Waals surface area contributed by atoms with Gasteiger partial charge in [0, 0.05) is 16.3 Å². The van der Waals surface area contributed by atoms with Crippen molar-refractivity contribution in [3.63, 3.8) is 0 Å². The Kier molecular flexibility index (Phi) is 5.15. The number of methoxy groups -OCH3 is 1. The molecule has 0 saturated carbocycles. The quantitative estimate of drug-likeness (QED) is 0.714. The van der Waals surface area contributed by atoms with Crippen LogP contribution in [0.3, 0.4) is 0 Å². The lowest BCUT2D eigenvalue weighted by atomic mass is 10.1. The molecule has 112 valence electrons. The minimum Gasteiger partial charge on any atom is -0.507 e. The highest BCUT2D eigenvalue weighted by Gasteiger charge is 2.08. The summed E-state index contributed by atoms with van der Waals surface area (Å²) in [4.78, 5) is 10.0. The van der Waals surface area contributed by atoms with E-state index in [9.17, 15) is 9.90 Å². The van der Waals surface area contributed by atoms with Gasteiger partial charge in [-0.15, -0.1) is 0 Å². The van der Waals surface area contributed by atoms with Gasteiger partial charge in [-0.2, -0.15) is 0 Å². The summed E-state index contributed by atoms with van der Waals surface area (Å²) in [7, 11) is 1.64. The van der Waals surface area contributed by atoms with Crippen LogP contribution < -0.4 is 4.74 Å². The van der Waals surface area contributed by atoms with Gasteiger partial charge in [-0.05, 0) is 18.6 Å². The van der Waals surface area contributed by atoms with Crippen molar-refractivity contribution < 1.29 is 14.6 Å². The molecule has 0 radical (unpaired) electrons. The van der Waals surface area contributed by atoms with Crippen LogP contribution in [-0.4, -0.2) is 18.5 Å². The Morgan fingerprint density at radius 3 is 2.09 bits per heavy atom. The summed E-state index contributed by atoms with van der Waals surface area (Å²) >= 11 is 0. The lowest BCUT2D eigenvalue weighted by Crippen LogP contribution is -1.88. The third kappa shape index (κ3) is 3.44. The van der Waals surface area contributed by atoms with Gasteiger partial charge in [0.05, 0.1) is 7.11 Å². The first-order chi connectivity index (χ1) is 10.7. The topological polar surface area (TPSA) is 46.5 Å². The minimum atomic E-state index is 0.305. The second-order valence-electron chi connectivity index (χ2n) is 4.82. The summed E-state index contributed by atoms with van der Waals surface area (Å²) in [6.07, 6.45) is 0.833. The lowest BCUT2D eigenvalue weighted by Gasteiger charge is -2.09. The van der Waals surface area contributed by atoms with Crippen LogP contribution in [0.4, 0.5) is 0 Å². The van der Waals surface area contributed by atoms with E-state index in [0.29, 0.717) is 5.75 Å². The van der Waals surface area contributed by atoms with Crippen LogP contribution in [0.15, 0.2) is 60.7 Å². The van der Waals surface area contributed by atoms with Crippen molar-refractivity contribution in [2.75, 3.05) is 7.11 Å². The zero-order valence-electron chi connectivity index (χ0n) is 12.6. The largest absolute Gasteiger partial charge is 0.507 e. The molecule has 1 N–H and O–H groups in total. The number of phenolic OH excluding ortho intramolecular Hbond substituents is 1. The number of carbonyl (C=O) groups excluding carboxylic acids is 1. The van der Waals surface area contributed by atoms with E-state index in [-0.39, 0.29) is 0 Å². The molecule has 0 aliphatic heterocycles. The van der Waals surface area contributed by atoms with Gasteiger partial charge in [-0.3, -0.25) is 4.79 Å². The molecule has 0 amide bonds. The minimum absolute atomic E-state index is 0.305. The summed E-state index contributed by atoms with van der Waals surface area (Å²) in [6, 6.07) is 18.5. The number of benzene rings is 3. The average Bonchev–Trinajstić information content (AvgIpc) is 2.57. The molecular weight excluding hydrogens is 276 g/mol. The van der Waals surface area contributed by atoms with Crippen molar-refractivity contribution >= 4 is 17.1 Å². The Morgan fingerprint density at radius 2 is 1.55 bits per heavy atom. The first-order valence-electron chi connectivity index (χ1n) is 6.93. The first-order valence-corrected chi connectivity index (χ1v) is 6.93. The third-order valence-electron chi connectivity index (χ3n) is 3.30. The predicted molar refractivity (Wildman–Crippen MR) is 88.7 cm³/mol. The molecule has 0 bridgehead atoms. The van der Waals surface area contributed by atoms with Crippen molar-refractivity contribution in [1.82, 2.24) is 0 Å². The van der Waals surface area contributed by atoms with E-state index in [0.717, 1.165) is 33.9 Å². The van der Waals surface area contributed by atoms with Gasteiger partial charge in [0.15, 0.2) is 0 Å². The average molecular weight is 294 g/mol. The van der Waals surface area contributed by atoms with Crippen LogP contribution in [0.5, 0.6) is 11.5 Å². The number of rotatable bonds is 2. The SMILES string of the molecule is COc1c(C)cc(O)c2ccccc12.O=Cc1ccccc1. The summed E-state index contributed by atoms with van der Waals surface area (Å²) < 4.78 is 5.30. The zero-order valence-corrected chi connectivity index (χ0v) is 12.6. The standard InChI is InChI=1S/C12H12O2.C7H6O/c1-8-7-11(13)9-5-3-4-6-10(9)12(8)14-2;8-6-7-4-2-1-3-5-7/h3-7,13H,1-2H3;1-6H. The Morgan fingerprint density at radius 1 is 0.955 bits per heavy atom. The number of hydrogen-bond acceptors (Lipinski definition) is 3. The number of phenols is 1. The van der Waals surface area contributed by atoms with Gasteiger partial charge in [0.2, 0.25) is 0 Å². The van der Waals surface area contributed by atoms with E-state index in [1.165, 1.54) is 0 Å². The van der Waals surface area contributed by atoms with E-state index in [2.05, 4.69) is 0 Å². The number of ether oxygens (including phenoxy) is 1. The number of aldehydes is 1. The van der Waals surface area contributed by atoms with E-state index in [1.54, 1.807) is 25.3 Å². The van der Waals surface area contributed by atoms with Gasteiger partial charge < -0.3 is 9.84 Å². The molecule has 3 nitrogen and oxygen atoms in total. The van der Waals surface area contributed by atoms with Crippen LogP contribution in [0.1, 0.15) is 15.9 Å². The molecule has 0 saturated heterocycles. The maximum absolute atomic E-state index is 10.0. The van der Waals surface area contributed by atoms with E-state index >= 15 is 0 Å². The van der Waals surface area contributed by atoms with Crippen LogP contribution in [0.2, 0.25) is 0 Å². The van der Waals surface area contributed by atoms with Crippen LogP contribution >= 0.6 is 0 Å². The van der Waals surface area contributed by atoms with Crippen LogP contribution in [0, 0.1) is 6.92 Å². The summed E-state index contributed by atoms with van der Waals surface area (Å²) in [5, 5.41) is 11.5. The summed E-state index contributed by atoms with van der Waals surface area (Å²) in [5.74, 6) is 1.14. The molecule has 0 spiro atoms. The zero-order chi connectivity index (χ0) is 15.9. The molecular formula is C19H18O3. The fourth-order valence-electron chi connectivity index (χ4n) is 2.27. The Bertz CT molecular complexity index is 764. The highest BCUT2D eigenvalue weighted by Crippen LogP contribution is 2.35. The number of aryl methyl sites for hydroxylation is 1. The molecule has 0 aliphatic rings. The number of fused-ring (bicyclic) bond motifs is 1. The van der Waals surface area contributed by atoms with Crippen LogP contribution in [0.25, 0.3) is 10.8 Å². The van der Waals surface area contributed by atoms with Gasteiger partial charge >= 0.3 is 0 Å². The molecule has 22 heavy (non-hydrogen) atoms. The van der Waals surface area contributed by atoms with E-state index in [1.807, 2.05) is 49.4 Å². The van der Waals surface area contributed by atoms with E-state index in [4.69, 9.17) is 4.74 Å². The molecule has 3 heteroatoms. The molecule has 0 aromatic heterocycles. The molecule has 0 unspecified atom stereocenters. The van der Waals surface area contributed by atoms with Gasteiger partial charge in [-0.1, -0.05) is 54.6 Å². The van der Waals surface area contributed by atoms with E-state index < -0.39 is 0 Å². The van der Waals surface area contributed by atoms with Crippen molar-refractivity contribution in [3.05, 3.63) is 71.8 Å². The monoisotopic (exact) mass is 294 g/mol. The smallest absolute Gasteiger partial charge is 0.150 e. The van der Waals surface area contributed by atoms with Gasteiger partial charge in [-0.25, -0.2) is 0 Å². The maximum Gasteiger partial charge on any atom is 0.150 e. The first kappa shape index (κ1) is 15.6. The number of aromatic hydroxyl groups is 1. The van der Waals surface area contributed by atoms with Crippen molar-refractivity contribution in [2.45, 2.75) is 6.92 Å². The maximum atomic E-state index is 10.0. The molecule has 0 heterocycles. The second-order valence-corrected chi connectivity index (χ2v) is 4.82. The number of hydrogen-bond donors (Lipinski definition) is 1. The second kappa shape index (κ2) is 7.27. The fourth-order valence-corrected chi connectivity index (χ4v) is 2.27. The number of carbonyl (C=O) groups is 1. The summed E-state index contributed by atoms with van der Waals surface area (Å²) in [6.45, 7) is 1.92. The van der Waals surface area contributed by atoms with Crippen molar-refractivity contribution in [3.8, 4) is 11.5 Å². The third-order valence-corrected chi connectivity index (χ3v) is 3.30. The highest BCUT2D eigenvalue weighted by molar-refractivity contribution is 5.94. The molecule has 0 aliphatic carbocycles. The van der Waals surface area contributed by atoms with Gasteiger partial charge in [0.1, 0.15) is 17.8 Å². The molecule has 3 aromatic carbocycles. The fraction of sp³-hybridized carbons (Fsp3) is 0.105. The van der Waals surface area contributed by atoms with Crippen molar-refractivity contribution in [2.24, 2.45) is 0 Å². The Hall–Kier alpha value is -2.81. The molecule has 0 atom stereocenters.